The Kier molecular flexibility index (Phi) is 5.18. The first kappa shape index (κ1) is 17.5. The minimum atomic E-state index is -1.31. The smallest absolute Gasteiger partial charge is 0.329 e. The zero-order valence-corrected chi connectivity index (χ0v) is 13.9. The van der Waals surface area contributed by atoms with Crippen LogP contribution in [0.3, 0.4) is 0 Å². The highest BCUT2D eigenvalue weighted by molar-refractivity contribution is 5.98. The summed E-state index contributed by atoms with van der Waals surface area (Å²) in [6.07, 6.45) is 3.34. The lowest BCUT2D eigenvalue weighted by atomic mass is 9.98. The second kappa shape index (κ2) is 7.12. The first-order valence-electron chi connectivity index (χ1n) is 7.55. The molecule has 0 aliphatic heterocycles. The van der Waals surface area contributed by atoms with Gasteiger partial charge in [0.2, 0.25) is 0 Å². The molecular weight excluding hydrogens is 308 g/mol. The van der Waals surface area contributed by atoms with E-state index in [0.717, 1.165) is 16.9 Å². The summed E-state index contributed by atoms with van der Waals surface area (Å²) < 4.78 is 5.12. The fourth-order valence-corrected chi connectivity index (χ4v) is 2.12. The number of amides is 1. The molecular formula is C18H20N2O4. The van der Waals surface area contributed by atoms with Gasteiger partial charge in [-0.05, 0) is 37.1 Å². The lowest BCUT2D eigenvalue weighted by Gasteiger charge is -2.24. The molecule has 1 aromatic heterocycles. The number of hydrogen-bond acceptors (Lipinski definition) is 4. The van der Waals surface area contributed by atoms with Gasteiger partial charge < -0.3 is 15.2 Å². The normalized spacial score (nSPS) is 13.0. The topological polar surface area (TPSA) is 88.5 Å². The average Bonchev–Trinajstić information content (AvgIpc) is 2.61. The van der Waals surface area contributed by atoms with E-state index in [4.69, 9.17) is 4.74 Å². The van der Waals surface area contributed by atoms with E-state index in [0.29, 0.717) is 5.56 Å². The van der Waals surface area contributed by atoms with E-state index in [1.807, 2.05) is 24.3 Å². The molecule has 0 saturated carbocycles. The molecule has 6 nitrogen and oxygen atoms in total. The number of pyridine rings is 1. The fourth-order valence-electron chi connectivity index (χ4n) is 2.12. The largest absolute Gasteiger partial charge is 0.497 e. The molecule has 0 aliphatic rings. The number of ether oxygens (including phenoxy) is 1. The number of rotatable bonds is 6. The molecule has 0 aliphatic carbocycles. The number of aliphatic carboxylic acids is 1. The van der Waals surface area contributed by atoms with Crippen molar-refractivity contribution in [2.45, 2.75) is 25.8 Å². The van der Waals surface area contributed by atoms with Gasteiger partial charge in [-0.1, -0.05) is 19.1 Å². The Hall–Kier alpha value is -2.89. The van der Waals surface area contributed by atoms with Crippen LogP contribution in [0.2, 0.25) is 0 Å². The third kappa shape index (κ3) is 3.71. The van der Waals surface area contributed by atoms with E-state index in [-0.39, 0.29) is 6.42 Å². The van der Waals surface area contributed by atoms with E-state index in [9.17, 15) is 14.7 Å². The maximum Gasteiger partial charge on any atom is 0.329 e. The second-order valence-electron chi connectivity index (χ2n) is 5.64. The Bertz CT molecular complexity index is 743. The monoisotopic (exact) mass is 328 g/mol. The maximum absolute atomic E-state index is 12.4. The lowest BCUT2D eigenvalue weighted by Crippen LogP contribution is -2.51. The highest BCUT2D eigenvalue weighted by atomic mass is 16.5. The Labute approximate surface area is 140 Å². The molecule has 1 aromatic carbocycles. The Morgan fingerprint density at radius 1 is 1.21 bits per heavy atom. The van der Waals surface area contributed by atoms with Crippen LogP contribution < -0.4 is 10.1 Å². The summed E-state index contributed by atoms with van der Waals surface area (Å²) in [5.41, 5.74) is 0.644. The first-order chi connectivity index (χ1) is 11.4. The molecule has 1 unspecified atom stereocenters. The summed E-state index contributed by atoms with van der Waals surface area (Å²) in [5, 5.41) is 11.8. The number of carbonyl (C=O) groups excluding carboxylic acids is 1. The standard InChI is InChI=1S/C18H20N2O4/c1-4-18(2,17(22)23)20-16(21)14-9-13(10-19-11-14)12-5-7-15(24-3)8-6-12/h5-11H,4H2,1-3H3,(H,20,21)(H,22,23). The number of benzene rings is 1. The number of carbonyl (C=O) groups is 2. The van der Waals surface area contributed by atoms with Gasteiger partial charge in [-0.3, -0.25) is 9.78 Å². The Balaban J connectivity index is 2.26. The Morgan fingerprint density at radius 3 is 2.42 bits per heavy atom. The number of aromatic nitrogens is 1. The van der Waals surface area contributed by atoms with Gasteiger partial charge >= 0.3 is 5.97 Å². The van der Waals surface area contributed by atoms with Crippen molar-refractivity contribution < 1.29 is 19.4 Å². The molecule has 1 amide bonds. The highest BCUT2D eigenvalue weighted by Gasteiger charge is 2.33. The third-order valence-electron chi connectivity index (χ3n) is 3.99. The van der Waals surface area contributed by atoms with Gasteiger partial charge in [-0.2, -0.15) is 0 Å². The second-order valence-corrected chi connectivity index (χ2v) is 5.64. The molecule has 0 radical (unpaired) electrons. The molecule has 2 aromatic rings. The van der Waals surface area contributed by atoms with Crippen molar-refractivity contribution in [3.05, 3.63) is 48.3 Å². The summed E-state index contributed by atoms with van der Waals surface area (Å²) in [6, 6.07) is 9.05. The van der Waals surface area contributed by atoms with Gasteiger partial charge in [-0.15, -0.1) is 0 Å². The number of nitrogens with zero attached hydrogens (tertiary/aromatic N) is 1. The fraction of sp³-hybridized carbons (Fsp3) is 0.278. The van der Waals surface area contributed by atoms with Crippen molar-refractivity contribution >= 4 is 11.9 Å². The molecule has 0 saturated heterocycles. The first-order valence-corrected chi connectivity index (χ1v) is 7.55. The van der Waals surface area contributed by atoms with E-state index in [1.165, 1.54) is 13.1 Å². The van der Waals surface area contributed by atoms with Crippen molar-refractivity contribution in [2.75, 3.05) is 7.11 Å². The van der Waals surface area contributed by atoms with Crippen LogP contribution in [0, 0.1) is 0 Å². The van der Waals surface area contributed by atoms with Gasteiger partial charge in [0.1, 0.15) is 11.3 Å². The van der Waals surface area contributed by atoms with Crippen LogP contribution >= 0.6 is 0 Å². The van der Waals surface area contributed by atoms with E-state index < -0.39 is 17.4 Å². The minimum Gasteiger partial charge on any atom is -0.497 e. The molecule has 0 bridgehead atoms. The molecule has 2 rings (SSSR count). The number of nitrogens with one attached hydrogen (secondary N) is 1. The van der Waals surface area contributed by atoms with Gasteiger partial charge in [0.05, 0.1) is 12.7 Å². The minimum absolute atomic E-state index is 0.277. The van der Waals surface area contributed by atoms with Crippen molar-refractivity contribution in [1.29, 1.82) is 0 Å². The predicted molar refractivity (Wildman–Crippen MR) is 90.0 cm³/mol. The molecule has 24 heavy (non-hydrogen) atoms. The zero-order valence-electron chi connectivity index (χ0n) is 13.9. The average molecular weight is 328 g/mol. The van der Waals surface area contributed by atoms with Crippen LogP contribution in [0.25, 0.3) is 11.1 Å². The van der Waals surface area contributed by atoms with Gasteiger partial charge in [0, 0.05) is 18.0 Å². The van der Waals surface area contributed by atoms with Crippen molar-refractivity contribution in [3.63, 3.8) is 0 Å². The molecule has 6 heteroatoms. The molecule has 0 fully saturated rings. The predicted octanol–water partition coefficient (Wildman–Crippen LogP) is 2.74. The van der Waals surface area contributed by atoms with Crippen molar-refractivity contribution in [2.24, 2.45) is 0 Å². The van der Waals surface area contributed by atoms with Gasteiger partial charge in [0.25, 0.3) is 5.91 Å². The molecule has 1 atom stereocenters. The van der Waals surface area contributed by atoms with E-state index in [2.05, 4.69) is 10.3 Å². The number of methoxy groups -OCH3 is 1. The van der Waals surface area contributed by atoms with Crippen LogP contribution in [0.1, 0.15) is 30.6 Å². The van der Waals surface area contributed by atoms with Gasteiger partial charge in [0.15, 0.2) is 0 Å². The van der Waals surface area contributed by atoms with Crippen LogP contribution in [-0.2, 0) is 4.79 Å². The highest BCUT2D eigenvalue weighted by Crippen LogP contribution is 2.22. The van der Waals surface area contributed by atoms with Crippen LogP contribution in [0.5, 0.6) is 5.75 Å². The van der Waals surface area contributed by atoms with Crippen LogP contribution in [-0.4, -0.2) is 34.6 Å². The molecule has 126 valence electrons. The van der Waals surface area contributed by atoms with Gasteiger partial charge in [-0.25, -0.2) is 4.79 Å². The zero-order chi connectivity index (χ0) is 17.7. The summed E-state index contributed by atoms with van der Waals surface area (Å²) >= 11 is 0. The Morgan fingerprint density at radius 2 is 1.88 bits per heavy atom. The molecule has 1 heterocycles. The lowest BCUT2D eigenvalue weighted by molar-refractivity contribution is -0.143. The van der Waals surface area contributed by atoms with Crippen molar-refractivity contribution in [1.82, 2.24) is 10.3 Å². The van der Waals surface area contributed by atoms with Crippen LogP contribution in [0.4, 0.5) is 0 Å². The maximum atomic E-state index is 12.4. The summed E-state index contributed by atoms with van der Waals surface area (Å²) in [4.78, 5) is 27.8. The number of carboxylic acids is 1. The number of carboxylic acid groups (broad SMARTS) is 1. The van der Waals surface area contributed by atoms with Crippen LogP contribution in [0.15, 0.2) is 42.7 Å². The summed E-state index contributed by atoms with van der Waals surface area (Å²) in [7, 11) is 1.59. The number of hydrogen-bond donors (Lipinski definition) is 2. The molecule has 2 N–H and O–H groups in total. The van der Waals surface area contributed by atoms with E-state index in [1.54, 1.807) is 26.3 Å². The van der Waals surface area contributed by atoms with E-state index >= 15 is 0 Å². The third-order valence-corrected chi connectivity index (χ3v) is 3.99. The summed E-state index contributed by atoms with van der Waals surface area (Å²) in [6.45, 7) is 3.19. The SMILES string of the molecule is CCC(C)(NC(=O)c1cncc(-c2ccc(OC)cc2)c1)C(=O)O. The summed E-state index contributed by atoms with van der Waals surface area (Å²) in [5.74, 6) is -0.803. The molecule has 0 spiro atoms. The quantitative estimate of drug-likeness (QED) is 0.851. The van der Waals surface area contributed by atoms with Crippen molar-refractivity contribution in [3.8, 4) is 16.9 Å².